The predicted octanol–water partition coefficient (Wildman–Crippen LogP) is 1.02. The molecule has 1 unspecified atom stereocenters. The van der Waals surface area contributed by atoms with Crippen LogP contribution in [0, 0.1) is 11.3 Å². The Kier molecular flexibility index (Phi) is 3.83. The van der Waals surface area contributed by atoms with Gasteiger partial charge in [-0.1, -0.05) is 30.3 Å². The fourth-order valence-corrected chi connectivity index (χ4v) is 1.73. The van der Waals surface area contributed by atoms with Crippen LogP contribution in [0.1, 0.15) is 12.5 Å². The number of nitrogens with one attached hydrogen (secondary N) is 1. The van der Waals surface area contributed by atoms with E-state index in [4.69, 9.17) is 5.26 Å². The van der Waals surface area contributed by atoms with Gasteiger partial charge in [-0.3, -0.25) is 0 Å². The summed E-state index contributed by atoms with van der Waals surface area (Å²) in [5, 5.41) is 7.47. The van der Waals surface area contributed by atoms with Crippen LogP contribution in [0.3, 0.4) is 0 Å². The van der Waals surface area contributed by atoms with E-state index >= 15 is 0 Å². The van der Waals surface area contributed by atoms with Crippen molar-refractivity contribution in [3.8, 4) is 6.07 Å². The average molecular weight is 224 g/mol. The van der Waals surface area contributed by atoms with Gasteiger partial charge in [0.25, 0.3) is 0 Å². The van der Waals surface area contributed by atoms with Crippen LogP contribution in [0.15, 0.2) is 30.3 Å². The van der Waals surface area contributed by atoms with E-state index in [1.165, 1.54) is 6.92 Å². The summed E-state index contributed by atoms with van der Waals surface area (Å²) in [5.41, 5.74) is 0.867. The summed E-state index contributed by atoms with van der Waals surface area (Å²) in [6, 6.07) is 10.8. The number of nitriles is 1. The van der Waals surface area contributed by atoms with Crippen molar-refractivity contribution < 1.29 is 8.42 Å². The zero-order valence-electron chi connectivity index (χ0n) is 8.34. The summed E-state index contributed by atoms with van der Waals surface area (Å²) in [6.45, 7) is 1.57. The van der Waals surface area contributed by atoms with Gasteiger partial charge in [-0.15, -0.1) is 0 Å². The highest BCUT2D eigenvalue weighted by atomic mass is 32.2. The Bertz CT molecular complexity index is 448. The molecule has 0 bridgehead atoms. The summed E-state index contributed by atoms with van der Waals surface area (Å²) in [5.74, 6) is 0. The van der Waals surface area contributed by atoms with Crippen LogP contribution in [-0.4, -0.2) is 13.7 Å². The number of hydrogen-bond acceptors (Lipinski definition) is 3. The number of benzene rings is 1. The zero-order valence-corrected chi connectivity index (χ0v) is 9.16. The molecule has 80 valence electrons. The monoisotopic (exact) mass is 224 g/mol. The number of hydrogen-bond donors (Lipinski definition) is 1. The van der Waals surface area contributed by atoms with Gasteiger partial charge in [0, 0.05) is 6.54 Å². The summed E-state index contributed by atoms with van der Waals surface area (Å²) in [4.78, 5) is 0. The molecule has 0 radical (unpaired) electrons. The summed E-state index contributed by atoms with van der Waals surface area (Å²) in [6.07, 6.45) is 0. The van der Waals surface area contributed by atoms with Crippen molar-refractivity contribution >= 4 is 10.0 Å². The topological polar surface area (TPSA) is 70.0 Å². The highest BCUT2D eigenvalue weighted by molar-refractivity contribution is 7.90. The van der Waals surface area contributed by atoms with E-state index in [0.717, 1.165) is 5.56 Å². The van der Waals surface area contributed by atoms with Crippen molar-refractivity contribution in [3.05, 3.63) is 35.9 Å². The smallest absolute Gasteiger partial charge is 0.211 e. The van der Waals surface area contributed by atoms with Crippen LogP contribution in [0.4, 0.5) is 0 Å². The Morgan fingerprint density at radius 3 is 2.53 bits per heavy atom. The van der Waals surface area contributed by atoms with Gasteiger partial charge < -0.3 is 0 Å². The lowest BCUT2D eigenvalue weighted by Crippen LogP contribution is -2.31. The molecule has 15 heavy (non-hydrogen) atoms. The molecule has 4 nitrogen and oxygen atoms in total. The van der Waals surface area contributed by atoms with E-state index in [0.29, 0.717) is 0 Å². The van der Waals surface area contributed by atoms with Crippen LogP contribution >= 0.6 is 0 Å². The second kappa shape index (κ2) is 4.91. The molecule has 1 aromatic rings. The van der Waals surface area contributed by atoms with Crippen molar-refractivity contribution in [2.24, 2.45) is 0 Å². The maximum Gasteiger partial charge on any atom is 0.227 e. The molecule has 0 spiro atoms. The van der Waals surface area contributed by atoms with E-state index in [1.54, 1.807) is 6.07 Å². The quantitative estimate of drug-likeness (QED) is 0.830. The first-order valence-electron chi connectivity index (χ1n) is 4.48. The lowest BCUT2D eigenvalue weighted by atomic mass is 10.2. The van der Waals surface area contributed by atoms with Gasteiger partial charge >= 0.3 is 0 Å². The van der Waals surface area contributed by atoms with Crippen LogP contribution in [0.2, 0.25) is 0 Å². The molecular formula is C10H12N2O2S. The highest BCUT2D eigenvalue weighted by Crippen LogP contribution is 2.01. The second-order valence-electron chi connectivity index (χ2n) is 3.12. The molecule has 1 rings (SSSR count). The van der Waals surface area contributed by atoms with Gasteiger partial charge in [0.1, 0.15) is 0 Å². The second-order valence-corrected chi connectivity index (χ2v) is 5.21. The molecule has 1 atom stereocenters. The highest BCUT2D eigenvalue weighted by Gasteiger charge is 2.18. The third kappa shape index (κ3) is 3.35. The Morgan fingerprint density at radius 1 is 1.40 bits per heavy atom. The van der Waals surface area contributed by atoms with E-state index in [-0.39, 0.29) is 6.54 Å². The minimum absolute atomic E-state index is 0.217. The molecule has 0 amide bonds. The maximum absolute atomic E-state index is 11.4. The summed E-state index contributed by atoms with van der Waals surface area (Å²) < 4.78 is 25.2. The van der Waals surface area contributed by atoms with Gasteiger partial charge in [-0.2, -0.15) is 5.26 Å². The Hall–Kier alpha value is -1.38. The third-order valence-corrected chi connectivity index (χ3v) is 3.55. The normalized spacial score (nSPS) is 13.1. The van der Waals surface area contributed by atoms with E-state index < -0.39 is 15.3 Å². The third-order valence-electron chi connectivity index (χ3n) is 1.97. The lowest BCUT2D eigenvalue weighted by molar-refractivity contribution is 0.577. The average Bonchev–Trinajstić information content (AvgIpc) is 2.27. The molecule has 0 aromatic heterocycles. The van der Waals surface area contributed by atoms with E-state index in [9.17, 15) is 8.42 Å². The van der Waals surface area contributed by atoms with Crippen LogP contribution in [0.25, 0.3) is 0 Å². The van der Waals surface area contributed by atoms with Crippen molar-refractivity contribution in [1.82, 2.24) is 4.72 Å². The van der Waals surface area contributed by atoms with Crippen molar-refractivity contribution in [1.29, 1.82) is 5.26 Å². The van der Waals surface area contributed by atoms with Crippen LogP contribution < -0.4 is 4.72 Å². The van der Waals surface area contributed by atoms with Gasteiger partial charge in [0.15, 0.2) is 5.25 Å². The fraction of sp³-hybridized carbons (Fsp3) is 0.300. The van der Waals surface area contributed by atoms with Crippen molar-refractivity contribution in [2.75, 3.05) is 0 Å². The molecule has 5 heteroatoms. The molecule has 0 aliphatic rings. The predicted molar refractivity (Wildman–Crippen MR) is 57.3 cm³/mol. The Balaban J connectivity index is 2.63. The molecular weight excluding hydrogens is 212 g/mol. The standard InChI is InChI=1S/C10H12N2O2S/c1-9(7-11)15(13,14)12-8-10-5-3-2-4-6-10/h2-6,9,12H,8H2,1H3. The minimum Gasteiger partial charge on any atom is -0.211 e. The van der Waals surface area contributed by atoms with Gasteiger partial charge in [0.05, 0.1) is 6.07 Å². The first kappa shape index (κ1) is 11.7. The molecule has 0 aliphatic carbocycles. The largest absolute Gasteiger partial charge is 0.227 e. The summed E-state index contributed by atoms with van der Waals surface area (Å²) >= 11 is 0. The fourth-order valence-electron chi connectivity index (χ4n) is 0.974. The molecule has 0 fully saturated rings. The molecule has 0 saturated heterocycles. The van der Waals surface area contributed by atoms with Crippen LogP contribution in [-0.2, 0) is 16.6 Å². The zero-order chi connectivity index (χ0) is 11.3. The van der Waals surface area contributed by atoms with Gasteiger partial charge in [0.2, 0.25) is 10.0 Å². The van der Waals surface area contributed by atoms with Gasteiger partial charge in [-0.05, 0) is 12.5 Å². The lowest BCUT2D eigenvalue weighted by Gasteiger charge is -2.07. The molecule has 0 saturated carbocycles. The first-order valence-corrected chi connectivity index (χ1v) is 6.03. The Morgan fingerprint density at radius 2 is 2.00 bits per heavy atom. The molecule has 0 aliphatic heterocycles. The first-order chi connectivity index (χ1) is 7.06. The Labute approximate surface area is 89.6 Å². The molecule has 1 aromatic carbocycles. The van der Waals surface area contributed by atoms with Gasteiger partial charge in [-0.25, -0.2) is 13.1 Å². The number of sulfonamides is 1. The molecule has 0 heterocycles. The van der Waals surface area contributed by atoms with E-state index in [2.05, 4.69) is 4.72 Å². The minimum atomic E-state index is -3.52. The SMILES string of the molecule is CC(C#N)S(=O)(=O)NCc1ccccc1. The molecule has 1 N–H and O–H groups in total. The summed E-state index contributed by atoms with van der Waals surface area (Å²) in [7, 11) is -3.52. The van der Waals surface area contributed by atoms with E-state index in [1.807, 2.05) is 30.3 Å². The van der Waals surface area contributed by atoms with Crippen molar-refractivity contribution in [3.63, 3.8) is 0 Å². The maximum atomic E-state index is 11.4. The number of rotatable bonds is 4. The van der Waals surface area contributed by atoms with Crippen LogP contribution in [0.5, 0.6) is 0 Å². The van der Waals surface area contributed by atoms with Crippen molar-refractivity contribution in [2.45, 2.75) is 18.7 Å². The number of nitrogens with zero attached hydrogens (tertiary/aromatic N) is 1.